The maximum Gasteiger partial charge on any atom is 0.0233 e. The van der Waals surface area contributed by atoms with Gasteiger partial charge in [-0.1, -0.05) is 58.0 Å². The van der Waals surface area contributed by atoms with Gasteiger partial charge in [0.2, 0.25) is 0 Å². The summed E-state index contributed by atoms with van der Waals surface area (Å²) in [6, 6.07) is 10.7. The summed E-state index contributed by atoms with van der Waals surface area (Å²) in [5, 5.41) is 0. The third kappa shape index (κ3) is 5.92. The number of rotatable bonds is 2. The third-order valence-corrected chi connectivity index (χ3v) is 2.45. The van der Waals surface area contributed by atoms with Crippen molar-refractivity contribution in [2.45, 2.75) is 47.1 Å². The number of benzene rings is 1. The van der Waals surface area contributed by atoms with Gasteiger partial charge in [0.1, 0.15) is 0 Å². The van der Waals surface area contributed by atoms with Crippen molar-refractivity contribution in [3.05, 3.63) is 35.9 Å². The van der Waals surface area contributed by atoms with Crippen LogP contribution in [0.5, 0.6) is 0 Å². The number of hydrogen-bond donors (Lipinski definition) is 0. The highest BCUT2D eigenvalue weighted by atomic mass is 15.1. The first-order valence-corrected chi connectivity index (χ1v) is 6.71. The summed E-state index contributed by atoms with van der Waals surface area (Å²) in [7, 11) is 0. The highest BCUT2D eigenvalue weighted by Crippen LogP contribution is 2.11. The topological polar surface area (TPSA) is 3.24 Å². The van der Waals surface area contributed by atoms with Crippen LogP contribution in [0.3, 0.4) is 0 Å². The van der Waals surface area contributed by atoms with Crippen LogP contribution < -0.4 is 0 Å². The van der Waals surface area contributed by atoms with Gasteiger partial charge >= 0.3 is 0 Å². The molecule has 1 aromatic carbocycles. The van der Waals surface area contributed by atoms with Gasteiger partial charge in [0.15, 0.2) is 0 Å². The lowest BCUT2D eigenvalue weighted by atomic mass is 10.2. The second-order valence-electron chi connectivity index (χ2n) is 3.47. The van der Waals surface area contributed by atoms with Gasteiger partial charge < -0.3 is 0 Å². The van der Waals surface area contributed by atoms with Crippen molar-refractivity contribution in [2.75, 3.05) is 13.1 Å². The van der Waals surface area contributed by atoms with Crippen LogP contribution in [0.2, 0.25) is 0 Å². The molecule has 0 bridgehead atoms. The average molecular weight is 221 g/mol. The predicted molar refractivity (Wildman–Crippen MR) is 73.6 cm³/mol. The lowest BCUT2D eigenvalue weighted by Gasteiger charge is -2.13. The van der Waals surface area contributed by atoms with Gasteiger partial charge in [-0.25, -0.2) is 0 Å². The fourth-order valence-electron chi connectivity index (χ4n) is 1.78. The van der Waals surface area contributed by atoms with Gasteiger partial charge in [0.05, 0.1) is 0 Å². The van der Waals surface area contributed by atoms with Crippen LogP contribution >= 0.6 is 0 Å². The molecule has 0 saturated carbocycles. The zero-order valence-corrected chi connectivity index (χ0v) is 11.4. The standard InChI is InChI=1S/C11H15N.2C2H6/c1-2-6-11(7-3-1)10-12-8-4-5-9-12;2*1-2/h1-3,6-7H,4-5,8-10H2;2*1-2H3. The second kappa shape index (κ2) is 10.7. The number of hydrogen-bond acceptors (Lipinski definition) is 1. The Hall–Kier alpha value is -0.820. The summed E-state index contributed by atoms with van der Waals surface area (Å²) < 4.78 is 0. The summed E-state index contributed by atoms with van der Waals surface area (Å²) in [4.78, 5) is 2.52. The van der Waals surface area contributed by atoms with Gasteiger partial charge in [-0.2, -0.15) is 0 Å². The molecule has 0 aromatic heterocycles. The normalized spacial score (nSPS) is 14.5. The molecule has 0 unspecified atom stereocenters. The van der Waals surface area contributed by atoms with Crippen molar-refractivity contribution in [2.24, 2.45) is 0 Å². The molecule has 0 N–H and O–H groups in total. The van der Waals surface area contributed by atoms with Crippen molar-refractivity contribution in [3.8, 4) is 0 Å². The highest BCUT2D eigenvalue weighted by molar-refractivity contribution is 5.14. The van der Waals surface area contributed by atoms with E-state index >= 15 is 0 Å². The summed E-state index contributed by atoms with van der Waals surface area (Å²) in [6.07, 6.45) is 2.76. The molecule has 1 aliphatic rings. The SMILES string of the molecule is CC.CC.c1ccc(CN2CCCC2)cc1. The average Bonchev–Trinajstić information content (AvgIpc) is 2.88. The van der Waals surface area contributed by atoms with E-state index in [0.29, 0.717) is 0 Å². The molecule has 1 saturated heterocycles. The van der Waals surface area contributed by atoms with E-state index in [1.165, 1.54) is 31.5 Å². The molecule has 1 fully saturated rings. The van der Waals surface area contributed by atoms with Crippen LogP contribution in [0.1, 0.15) is 46.1 Å². The van der Waals surface area contributed by atoms with Gasteiger partial charge in [0.25, 0.3) is 0 Å². The molecule has 1 aliphatic heterocycles. The Labute approximate surface area is 101 Å². The first-order chi connectivity index (χ1) is 7.95. The lowest BCUT2D eigenvalue weighted by molar-refractivity contribution is 0.331. The van der Waals surface area contributed by atoms with Gasteiger partial charge in [0, 0.05) is 6.54 Å². The molecule has 0 spiro atoms. The highest BCUT2D eigenvalue weighted by Gasteiger charge is 2.10. The Morgan fingerprint density at radius 1 is 0.875 bits per heavy atom. The first kappa shape index (κ1) is 15.2. The van der Waals surface area contributed by atoms with Crippen molar-refractivity contribution < 1.29 is 0 Å². The molecule has 1 aromatic rings. The molecule has 1 nitrogen and oxygen atoms in total. The van der Waals surface area contributed by atoms with E-state index in [9.17, 15) is 0 Å². The van der Waals surface area contributed by atoms with E-state index in [1.54, 1.807) is 0 Å². The Bertz CT molecular complexity index is 224. The Morgan fingerprint density at radius 3 is 1.88 bits per heavy atom. The largest absolute Gasteiger partial charge is 0.299 e. The molecule has 0 amide bonds. The predicted octanol–water partition coefficient (Wildman–Crippen LogP) is 4.33. The fraction of sp³-hybridized carbons (Fsp3) is 0.600. The van der Waals surface area contributed by atoms with Crippen LogP contribution in [-0.4, -0.2) is 18.0 Å². The van der Waals surface area contributed by atoms with E-state index < -0.39 is 0 Å². The zero-order valence-electron chi connectivity index (χ0n) is 11.4. The molecule has 16 heavy (non-hydrogen) atoms. The quantitative estimate of drug-likeness (QED) is 0.718. The van der Waals surface area contributed by atoms with Gasteiger partial charge in [-0.15, -0.1) is 0 Å². The van der Waals surface area contributed by atoms with E-state index in [0.717, 1.165) is 6.54 Å². The lowest BCUT2D eigenvalue weighted by Crippen LogP contribution is -2.18. The Morgan fingerprint density at radius 2 is 1.38 bits per heavy atom. The minimum atomic E-state index is 1.14. The van der Waals surface area contributed by atoms with E-state index in [1.807, 2.05) is 27.7 Å². The Balaban J connectivity index is 0.000000509. The second-order valence-corrected chi connectivity index (χ2v) is 3.47. The molecule has 0 aliphatic carbocycles. The van der Waals surface area contributed by atoms with Crippen molar-refractivity contribution in [1.82, 2.24) is 4.90 Å². The zero-order chi connectivity index (χ0) is 12.2. The minimum Gasteiger partial charge on any atom is -0.299 e. The smallest absolute Gasteiger partial charge is 0.0233 e. The minimum absolute atomic E-state index is 1.14. The van der Waals surface area contributed by atoms with E-state index in [-0.39, 0.29) is 0 Å². The summed E-state index contributed by atoms with van der Waals surface area (Å²) >= 11 is 0. The molecular weight excluding hydrogens is 194 g/mol. The number of nitrogens with zero attached hydrogens (tertiary/aromatic N) is 1. The molecule has 1 heterocycles. The molecule has 1 heteroatoms. The fourth-order valence-corrected chi connectivity index (χ4v) is 1.78. The monoisotopic (exact) mass is 221 g/mol. The maximum atomic E-state index is 2.52. The van der Waals surface area contributed by atoms with Gasteiger partial charge in [-0.3, -0.25) is 4.90 Å². The van der Waals surface area contributed by atoms with Crippen LogP contribution in [0, 0.1) is 0 Å². The first-order valence-electron chi connectivity index (χ1n) is 6.71. The van der Waals surface area contributed by atoms with E-state index in [4.69, 9.17) is 0 Å². The van der Waals surface area contributed by atoms with Gasteiger partial charge in [-0.05, 0) is 31.5 Å². The summed E-state index contributed by atoms with van der Waals surface area (Å²) in [5.74, 6) is 0. The van der Waals surface area contributed by atoms with Crippen molar-refractivity contribution in [1.29, 1.82) is 0 Å². The van der Waals surface area contributed by atoms with Crippen molar-refractivity contribution in [3.63, 3.8) is 0 Å². The Kier molecular flexibility index (Phi) is 10.1. The maximum absolute atomic E-state index is 2.52. The van der Waals surface area contributed by atoms with Crippen LogP contribution in [0.15, 0.2) is 30.3 Å². The summed E-state index contributed by atoms with van der Waals surface area (Å²) in [6.45, 7) is 11.7. The van der Waals surface area contributed by atoms with E-state index in [2.05, 4.69) is 35.2 Å². The molecule has 0 radical (unpaired) electrons. The van der Waals surface area contributed by atoms with Crippen molar-refractivity contribution >= 4 is 0 Å². The molecule has 92 valence electrons. The van der Waals surface area contributed by atoms with Crippen LogP contribution in [0.4, 0.5) is 0 Å². The number of likely N-dealkylation sites (tertiary alicyclic amines) is 1. The summed E-state index contributed by atoms with van der Waals surface area (Å²) in [5.41, 5.74) is 1.44. The van der Waals surface area contributed by atoms with Crippen LogP contribution in [-0.2, 0) is 6.54 Å². The van der Waals surface area contributed by atoms with Crippen LogP contribution in [0.25, 0.3) is 0 Å². The molecule has 2 rings (SSSR count). The third-order valence-electron chi connectivity index (χ3n) is 2.45. The molecule has 0 atom stereocenters. The molecular formula is C15H27N.